The van der Waals surface area contributed by atoms with Crippen LogP contribution in [0.1, 0.15) is 19.4 Å². The highest BCUT2D eigenvalue weighted by Crippen LogP contribution is 2.35. The van der Waals surface area contributed by atoms with E-state index in [2.05, 4.69) is 21.2 Å². The number of para-hydroxylation sites is 2. The second-order valence-electron chi connectivity index (χ2n) is 5.80. The Labute approximate surface area is 176 Å². The summed E-state index contributed by atoms with van der Waals surface area (Å²) in [5, 5.41) is 13.2. The van der Waals surface area contributed by atoms with Crippen molar-refractivity contribution in [1.82, 2.24) is 5.32 Å². The molecular weight excluding hydrogens is 444 g/mol. The molecule has 8 heteroatoms. The third-order valence-electron chi connectivity index (χ3n) is 3.96. The predicted octanol–water partition coefficient (Wildman–Crippen LogP) is 4.21. The van der Waals surface area contributed by atoms with Gasteiger partial charge in [-0.1, -0.05) is 28.1 Å². The number of carbonyl (C=O) groups is 1. The second-order valence-corrected chi connectivity index (χ2v) is 7.04. The van der Waals surface area contributed by atoms with E-state index in [4.69, 9.17) is 21.7 Å². The van der Waals surface area contributed by atoms with Crippen molar-refractivity contribution < 1.29 is 19.4 Å². The largest absolute Gasteiger partial charge is 0.504 e. The molecule has 2 aromatic carbocycles. The number of ether oxygens (including phenoxy) is 2. The molecule has 28 heavy (non-hydrogen) atoms. The predicted molar refractivity (Wildman–Crippen MR) is 116 cm³/mol. The molecule has 0 unspecified atom stereocenters. The molecule has 3 rings (SSSR count). The molecule has 0 aromatic heterocycles. The van der Waals surface area contributed by atoms with Crippen LogP contribution in [-0.4, -0.2) is 29.3 Å². The van der Waals surface area contributed by atoms with Crippen LogP contribution in [0.2, 0.25) is 0 Å². The first-order chi connectivity index (χ1) is 13.5. The molecule has 2 N–H and O–H groups in total. The van der Waals surface area contributed by atoms with Crippen molar-refractivity contribution in [1.29, 1.82) is 0 Å². The van der Waals surface area contributed by atoms with Crippen LogP contribution in [-0.2, 0) is 4.79 Å². The van der Waals surface area contributed by atoms with E-state index in [-0.39, 0.29) is 16.8 Å². The molecule has 0 atom stereocenters. The Bertz CT molecular complexity index is 961. The van der Waals surface area contributed by atoms with E-state index in [1.807, 2.05) is 26.0 Å². The first kappa shape index (κ1) is 20.2. The van der Waals surface area contributed by atoms with Crippen LogP contribution in [0.3, 0.4) is 0 Å². The number of anilines is 1. The van der Waals surface area contributed by atoms with Gasteiger partial charge in [-0.15, -0.1) is 0 Å². The lowest BCUT2D eigenvalue weighted by atomic mass is 10.1. The van der Waals surface area contributed by atoms with Crippen LogP contribution in [0.25, 0.3) is 6.08 Å². The molecule has 1 aliphatic rings. The third kappa shape index (κ3) is 3.98. The summed E-state index contributed by atoms with van der Waals surface area (Å²) in [6.07, 6.45) is 1.66. The molecule has 0 saturated carbocycles. The molecule has 0 aliphatic carbocycles. The highest BCUT2D eigenvalue weighted by molar-refractivity contribution is 9.10. The summed E-state index contributed by atoms with van der Waals surface area (Å²) in [5.41, 5.74) is 1.56. The number of nitrogens with one attached hydrogen (secondary N) is 1. The van der Waals surface area contributed by atoms with Gasteiger partial charge in [0.05, 0.1) is 18.9 Å². The van der Waals surface area contributed by atoms with E-state index < -0.39 is 0 Å². The van der Waals surface area contributed by atoms with Gasteiger partial charge in [0.15, 0.2) is 16.6 Å². The fourth-order valence-electron chi connectivity index (χ4n) is 2.77. The normalized spacial score (nSPS) is 15.1. The number of nitrogens with zero attached hydrogens (tertiary/aromatic N) is 1. The number of thiocarbonyl (C=S) groups is 1. The van der Waals surface area contributed by atoms with Gasteiger partial charge in [-0.05, 0) is 62.0 Å². The van der Waals surface area contributed by atoms with Gasteiger partial charge in [0.1, 0.15) is 11.4 Å². The number of halogens is 1. The fraction of sp³-hybridized carbons (Fsp3) is 0.200. The van der Waals surface area contributed by atoms with Gasteiger partial charge in [-0.3, -0.25) is 4.79 Å². The van der Waals surface area contributed by atoms with Crippen molar-refractivity contribution in [2.75, 3.05) is 18.1 Å². The molecule has 1 amide bonds. The van der Waals surface area contributed by atoms with E-state index in [1.54, 1.807) is 24.3 Å². The third-order valence-corrected chi connectivity index (χ3v) is 4.93. The lowest BCUT2D eigenvalue weighted by Crippen LogP contribution is -2.30. The lowest BCUT2D eigenvalue weighted by Gasteiger charge is -2.18. The zero-order valence-corrected chi connectivity index (χ0v) is 17.8. The molecule has 0 radical (unpaired) electrons. The molecule has 1 saturated heterocycles. The number of phenols is 1. The second kappa shape index (κ2) is 8.62. The van der Waals surface area contributed by atoms with Gasteiger partial charge in [0.25, 0.3) is 5.91 Å². The van der Waals surface area contributed by atoms with Crippen molar-refractivity contribution in [3.63, 3.8) is 0 Å². The maximum Gasteiger partial charge on any atom is 0.281 e. The Balaban J connectivity index is 1.98. The van der Waals surface area contributed by atoms with Crippen LogP contribution in [0.5, 0.6) is 17.2 Å². The number of carbonyl (C=O) groups excluding carboxylic acids is 1. The highest BCUT2D eigenvalue weighted by atomic mass is 79.9. The average Bonchev–Trinajstić information content (AvgIpc) is 2.93. The minimum atomic E-state index is -0.296. The molecular formula is C20H19BrN2O4S. The zero-order valence-electron chi connectivity index (χ0n) is 15.4. The Morgan fingerprint density at radius 3 is 2.57 bits per heavy atom. The molecule has 6 nitrogen and oxygen atoms in total. The molecule has 0 bridgehead atoms. The van der Waals surface area contributed by atoms with E-state index >= 15 is 0 Å². The number of rotatable bonds is 6. The maximum atomic E-state index is 13.0. The average molecular weight is 463 g/mol. The van der Waals surface area contributed by atoms with Crippen LogP contribution < -0.4 is 19.7 Å². The molecule has 0 spiro atoms. The molecule has 1 aliphatic heterocycles. The Hall–Kier alpha value is -2.58. The van der Waals surface area contributed by atoms with Crippen molar-refractivity contribution in [3.8, 4) is 17.2 Å². The van der Waals surface area contributed by atoms with Gasteiger partial charge < -0.3 is 19.9 Å². The summed E-state index contributed by atoms with van der Waals surface area (Å²) in [6.45, 7) is 4.59. The van der Waals surface area contributed by atoms with Gasteiger partial charge in [-0.25, -0.2) is 4.90 Å². The summed E-state index contributed by atoms with van der Waals surface area (Å²) in [6, 6.07) is 10.4. The van der Waals surface area contributed by atoms with Crippen LogP contribution >= 0.6 is 28.1 Å². The Kier molecular flexibility index (Phi) is 6.21. The van der Waals surface area contributed by atoms with Crippen molar-refractivity contribution >= 4 is 50.9 Å². The fourth-order valence-corrected chi connectivity index (χ4v) is 3.51. The maximum absolute atomic E-state index is 13.0. The van der Waals surface area contributed by atoms with E-state index in [1.165, 1.54) is 11.0 Å². The Morgan fingerprint density at radius 2 is 1.86 bits per heavy atom. The number of hydrogen-bond acceptors (Lipinski definition) is 5. The summed E-state index contributed by atoms with van der Waals surface area (Å²) in [5.74, 6) is 0.636. The quantitative estimate of drug-likeness (QED) is 0.494. The monoisotopic (exact) mass is 462 g/mol. The lowest BCUT2D eigenvalue weighted by molar-refractivity contribution is -0.113. The zero-order chi connectivity index (χ0) is 20.3. The topological polar surface area (TPSA) is 71.0 Å². The smallest absolute Gasteiger partial charge is 0.281 e. The van der Waals surface area contributed by atoms with E-state index in [0.29, 0.717) is 46.1 Å². The van der Waals surface area contributed by atoms with E-state index in [9.17, 15) is 9.90 Å². The summed E-state index contributed by atoms with van der Waals surface area (Å²) in [4.78, 5) is 14.4. The van der Waals surface area contributed by atoms with Crippen molar-refractivity contribution in [2.45, 2.75) is 13.8 Å². The van der Waals surface area contributed by atoms with Gasteiger partial charge in [0, 0.05) is 4.47 Å². The molecule has 1 fully saturated rings. The number of phenolic OH excluding ortho intramolecular Hbond substituents is 1. The number of amides is 1. The first-order valence-electron chi connectivity index (χ1n) is 8.70. The summed E-state index contributed by atoms with van der Waals surface area (Å²) >= 11 is 8.78. The summed E-state index contributed by atoms with van der Waals surface area (Å²) in [7, 11) is 0. The number of aromatic hydroxyl groups is 1. The van der Waals surface area contributed by atoms with Crippen LogP contribution in [0.15, 0.2) is 46.6 Å². The minimum Gasteiger partial charge on any atom is -0.504 e. The van der Waals surface area contributed by atoms with Gasteiger partial charge in [-0.2, -0.15) is 0 Å². The molecule has 146 valence electrons. The van der Waals surface area contributed by atoms with Gasteiger partial charge in [0.2, 0.25) is 0 Å². The SMILES string of the molecule is CCOc1cc(C=C2NC(=S)N(c3ccccc3OCC)C2=O)c(Br)cc1O. The van der Waals surface area contributed by atoms with Crippen LogP contribution in [0.4, 0.5) is 5.69 Å². The van der Waals surface area contributed by atoms with Crippen LogP contribution in [0, 0.1) is 0 Å². The van der Waals surface area contributed by atoms with Crippen molar-refractivity contribution in [3.05, 3.63) is 52.1 Å². The van der Waals surface area contributed by atoms with E-state index in [0.717, 1.165) is 0 Å². The standard InChI is InChI=1S/C20H19BrN2O4S/c1-3-26-17-8-6-5-7-15(17)23-19(25)14(22-20(23)28)9-12-10-18(27-4-2)16(24)11-13(12)21/h5-11,24H,3-4H2,1-2H3,(H,22,28). The summed E-state index contributed by atoms with van der Waals surface area (Å²) < 4.78 is 11.7. The molecule has 1 heterocycles. The van der Waals surface area contributed by atoms with Gasteiger partial charge >= 0.3 is 0 Å². The highest BCUT2D eigenvalue weighted by Gasteiger charge is 2.33. The Morgan fingerprint density at radius 1 is 1.18 bits per heavy atom. The number of benzene rings is 2. The number of hydrogen-bond donors (Lipinski definition) is 2. The molecule has 2 aromatic rings. The van der Waals surface area contributed by atoms with Crippen molar-refractivity contribution in [2.24, 2.45) is 0 Å². The minimum absolute atomic E-state index is 0.0179. The first-order valence-corrected chi connectivity index (χ1v) is 9.90.